The third-order valence-corrected chi connectivity index (χ3v) is 5.61. The average Bonchev–Trinajstić information content (AvgIpc) is 3.28. The fourth-order valence-corrected chi connectivity index (χ4v) is 3.93. The van der Waals surface area contributed by atoms with Crippen molar-refractivity contribution in [2.75, 3.05) is 18.2 Å². The van der Waals surface area contributed by atoms with Gasteiger partial charge in [0.2, 0.25) is 5.91 Å². The van der Waals surface area contributed by atoms with Crippen LogP contribution in [0.1, 0.15) is 0 Å². The van der Waals surface area contributed by atoms with Gasteiger partial charge in [0.25, 0.3) is 5.69 Å². The number of thioether (sulfide) groups is 1. The quantitative estimate of drug-likeness (QED) is 0.232. The number of amides is 1. The van der Waals surface area contributed by atoms with Crippen molar-refractivity contribution < 1.29 is 14.5 Å². The van der Waals surface area contributed by atoms with E-state index >= 15 is 0 Å². The Balaban J connectivity index is 1.62. The van der Waals surface area contributed by atoms with E-state index in [1.165, 1.54) is 31.0 Å². The molecule has 1 N–H and O–H groups in total. The summed E-state index contributed by atoms with van der Waals surface area (Å²) in [7, 11) is 1.54. The molecule has 4 rings (SSSR count). The zero-order valence-corrected chi connectivity index (χ0v) is 18.4. The molecule has 1 amide bonds. The number of para-hydroxylation sites is 3. The van der Waals surface area contributed by atoms with E-state index in [4.69, 9.17) is 4.74 Å². The molecule has 0 aliphatic carbocycles. The molecule has 0 unspecified atom stereocenters. The van der Waals surface area contributed by atoms with E-state index in [-0.39, 0.29) is 17.3 Å². The van der Waals surface area contributed by atoms with E-state index < -0.39 is 4.92 Å². The first-order valence-electron chi connectivity index (χ1n) is 9.88. The number of nitrogens with zero attached hydrogens (tertiary/aromatic N) is 4. The highest BCUT2D eigenvalue weighted by molar-refractivity contribution is 7.99. The number of methoxy groups -OCH3 is 1. The number of carbonyl (C=O) groups excluding carboxylic acids is 1. The Morgan fingerprint density at radius 2 is 1.82 bits per heavy atom. The number of carbonyl (C=O) groups is 1. The lowest BCUT2D eigenvalue weighted by Gasteiger charge is -2.11. The van der Waals surface area contributed by atoms with Crippen LogP contribution in [0.25, 0.3) is 17.1 Å². The van der Waals surface area contributed by atoms with Gasteiger partial charge in [0.15, 0.2) is 11.0 Å². The first-order chi connectivity index (χ1) is 16.1. The van der Waals surface area contributed by atoms with Gasteiger partial charge in [-0.15, -0.1) is 10.2 Å². The van der Waals surface area contributed by atoms with Gasteiger partial charge in [-0.25, -0.2) is 0 Å². The largest absolute Gasteiger partial charge is 0.495 e. The Kier molecular flexibility index (Phi) is 6.65. The first-order valence-corrected chi connectivity index (χ1v) is 10.9. The van der Waals surface area contributed by atoms with Crippen LogP contribution in [0.2, 0.25) is 0 Å². The van der Waals surface area contributed by atoms with Crippen molar-refractivity contribution in [3.8, 4) is 22.8 Å². The van der Waals surface area contributed by atoms with E-state index in [1.807, 2.05) is 42.5 Å². The molecule has 0 spiro atoms. The highest BCUT2D eigenvalue weighted by Crippen LogP contribution is 2.30. The molecule has 9 nitrogen and oxygen atoms in total. The molecule has 0 saturated heterocycles. The molecule has 1 heterocycles. The molecule has 3 aromatic carbocycles. The lowest BCUT2D eigenvalue weighted by molar-refractivity contribution is -0.384. The van der Waals surface area contributed by atoms with Crippen molar-refractivity contribution >= 4 is 29.0 Å². The molecule has 0 aliphatic heterocycles. The van der Waals surface area contributed by atoms with Crippen molar-refractivity contribution in [1.29, 1.82) is 0 Å². The first kappa shape index (κ1) is 22.0. The third-order valence-electron chi connectivity index (χ3n) is 4.68. The zero-order valence-electron chi connectivity index (χ0n) is 17.5. The Labute approximate surface area is 193 Å². The Bertz CT molecular complexity index is 1290. The van der Waals surface area contributed by atoms with Gasteiger partial charge >= 0.3 is 0 Å². The molecule has 4 aromatic rings. The van der Waals surface area contributed by atoms with Crippen molar-refractivity contribution in [3.63, 3.8) is 0 Å². The molecular weight excluding hydrogens is 442 g/mol. The molecule has 166 valence electrons. The number of non-ortho nitro benzene ring substituents is 1. The van der Waals surface area contributed by atoms with E-state index in [2.05, 4.69) is 15.5 Å². The molecule has 0 atom stereocenters. The molecule has 0 bridgehead atoms. The smallest absolute Gasteiger partial charge is 0.270 e. The van der Waals surface area contributed by atoms with Crippen molar-refractivity contribution in [1.82, 2.24) is 14.8 Å². The van der Waals surface area contributed by atoms with Crippen molar-refractivity contribution in [3.05, 3.63) is 89.0 Å². The van der Waals surface area contributed by atoms with Crippen LogP contribution in [-0.2, 0) is 4.79 Å². The summed E-state index contributed by atoms with van der Waals surface area (Å²) in [5, 5.41) is 23.1. The maximum atomic E-state index is 12.6. The highest BCUT2D eigenvalue weighted by Gasteiger charge is 2.19. The second-order valence-electron chi connectivity index (χ2n) is 6.82. The van der Waals surface area contributed by atoms with Crippen LogP contribution in [0, 0.1) is 10.1 Å². The minimum absolute atomic E-state index is 0.0412. The predicted molar refractivity (Wildman–Crippen MR) is 126 cm³/mol. The predicted octanol–water partition coefficient (Wildman–Crippen LogP) is 4.58. The highest BCUT2D eigenvalue weighted by atomic mass is 32.2. The van der Waals surface area contributed by atoms with Crippen LogP contribution >= 0.6 is 11.8 Å². The summed E-state index contributed by atoms with van der Waals surface area (Å²) in [6.07, 6.45) is 0. The molecule has 0 aliphatic rings. The molecule has 0 saturated carbocycles. The maximum Gasteiger partial charge on any atom is 0.270 e. The number of anilines is 1. The van der Waals surface area contributed by atoms with Gasteiger partial charge in [-0.2, -0.15) is 0 Å². The fourth-order valence-electron chi connectivity index (χ4n) is 3.18. The monoisotopic (exact) mass is 461 g/mol. The summed E-state index contributed by atoms with van der Waals surface area (Å²) >= 11 is 1.21. The van der Waals surface area contributed by atoms with Crippen molar-refractivity contribution in [2.24, 2.45) is 0 Å². The number of rotatable bonds is 8. The molecule has 33 heavy (non-hydrogen) atoms. The molecule has 10 heteroatoms. The minimum Gasteiger partial charge on any atom is -0.495 e. The maximum absolute atomic E-state index is 12.6. The van der Waals surface area contributed by atoms with Crippen LogP contribution in [0.4, 0.5) is 11.4 Å². The number of hydrogen-bond acceptors (Lipinski definition) is 7. The number of benzene rings is 3. The van der Waals surface area contributed by atoms with E-state index in [1.54, 1.807) is 28.8 Å². The standard InChI is InChI=1S/C23H19N5O4S/c1-32-20-13-6-5-12-19(20)24-21(29)15-33-23-26-25-22(27(23)17-9-3-2-4-10-17)16-8-7-11-18(14-16)28(30)31/h2-14H,15H2,1H3,(H,24,29). The molecule has 0 fully saturated rings. The minimum atomic E-state index is -0.454. The number of aromatic nitrogens is 3. The van der Waals surface area contributed by atoms with E-state index in [9.17, 15) is 14.9 Å². The topological polar surface area (TPSA) is 112 Å². The van der Waals surface area contributed by atoms with Crippen LogP contribution in [0.15, 0.2) is 84.0 Å². The summed E-state index contributed by atoms with van der Waals surface area (Å²) in [4.78, 5) is 23.3. The van der Waals surface area contributed by atoms with Crippen LogP contribution in [0.3, 0.4) is 0 Å². The van der Waals surface area contributed by atoms with Crippen LogP contribution < -0.4 is 10.1 Å². The normalized spacial score (nSPS) is 10.6. The Morgan fingerprint density at radius 3 is 2.58 bits per heavy atom. The van der Waals surface area contributed by atoms with E-state index in [0.29, 0.717) is 28.0 Å². The molecule has 0 radical (unpaired) electrons. The van der Waals surface area contributed by atoms with Gasteiger partial charge in [-0.1, -0.05) is 54.2 Å². The Morgan fingerprint density at radius 1 is 1.06 bits per heavy atom. The fraction of sp³-hybridized carbons (Fsp3) is 0.0870. The lowest BCUT2D eigenvalue weighted by atomic mass is 10.2. The van der Waals surface area contributed by atoms with Gasteiger partial charge in [-0.05, 0) is 24.3 Å². The van der Waals surface area contributed by atoms with Gasteiger partial charge in [0.1, 0.15) is 5.75 Å². The van der Waals surface area contributed by atoms with Gasteiger partial charge in [-0.3, -0.25) is 19.5 Å². The number of ether oxygens (including phenoxy) is 1. The number of nitrogens with one attached hydrogen (secondary N) is 1. The van der Waals surface area contributed by atoms with Crippen LogP contribution in [-0.4, -0.2) is 38.5 Å². The molecule has 1 aromatic heterocycles. The summed E-state index contributed by atoms with van der Waals surface area (Å²) in [6, 6.07) is 22.7. The second-order valence-corrected chi connectivity index (χ2v) is 7.76. The number of hydrogen-bond donors (Lipinski definition) is 1. The zero-order chi connectivity index (χ0) is 23.2. The van der Waals surface area contributed by atoms with Gasteiger partial charge in [0, 0.05) is 23.4 Å². The number of nitro benzene ring substituents is 1. The second kappa shape index (κ2) is 9.96. The average molecular weight is 462 g/mol. The lowest BCUT2D eigenvalue weighted by Crippen LogP contribution is -2.15. The summed E-state index contributed by atoms with van der Waals surface area (Å²) in [5.74, 6) is 0.857. The SMILES string of the molecule is COc1ccccc1NC(=O)CSc1nnc(-c2cccc([N+](=O)[O-])c2)n1-c1ccccc1. The summed E-state index contributed by atoms with van der Waals surface area (Å²) in [5.41, 5.74) is 1.86. The van der Waals surface area contributed by atoms with Crippen molar-refractivity contribution in [2.45, 2.75) is 5.16 Å². The Hall–Kier alpha value is -4.18. The van der Waals surface area contributed by atoms with Gasteiger partial charge in [0.05, 0.1) is 23.5 Å². The van der Waals surface area contributed by atoms with Gasteiger partial charge < -0.3 is 10.1 Å². The summed E-state index contributed by atoms with van der Waals surface area (Å²) in [6.45, 7) is 0. The molecular formula is C23H19N5O4S. The number of nitro groups is 1. The van der Waals surface area contributed by atoms with Crippen LogP contribution in [0.5, 0.6) is 5.75 Å². The third kappa shape index (κ3) is 5.01. The van der Waals surface area contributed by atoms with E-state index in [0.717, 1.165) is 5.69 Å². The summed E-state index contributed by atoms with van der Waals surface area (Å²) < 4.78 is 7.05.